The predicted molar refractivity (Wildman–Crippen MR) is 144 cm³/mol. The normalized spacial score (nSPS) is 33.2. The second-order valence-electron chi connectivity index (χ2n) is 12.6. The van der Waals surface area contributed by atoms with Gasteiger partial charge < -0.3 is 4.74 Å². The van der Waals surface area contributed by atoms with Gasteiger partial charge in [0.05, 0.1) is 6.61 Å². The third kappa shape index (κ3) is 5.43. The molecular formula is C26H38ClF6O6S2+. The minimum Gasteiger partial charge on any atom is -0.463 e. The summed E-state index contributed by atoms with van der Waals surface area (Å²) >= 11 is 6.24. The quantitative estimate of drug-likeness (QED) is 0.0836. The van der Waals surface area contributed by atoms with Crippen molar-refractivity contribution in [3.63, 3.8) is 0 Å². The van der Waals surface area contributed by atoms with Crippen molar-refractivity contribution in [3.05, 3.63) is 0 Å². The molecule has 1 N–H and O–H groups in total. The van der Waals surface area contributed by atoms with E-state index in [0.29, 0.717) is 32.1 Å². The van der Waals surface area contributed by atoms with E-state index < -0.39 is 66.6 Å². The second-order valence-corrected chi connectivity index (χ2v) is 18.5. The molecule has 3 unspecified atom stereocenters. The number of hydrogen-bond donors (Lipinski definition) is 0. The van der Waals surface area contributed by atoms with Crippen molar-refractivity contribution < 1.29 is 52.7 Å². The number of halogens is 7. The standard InChI is InChI=1S/C26H37ClF6O6S2/c1-3-40(4-2,20-8-6-5-7-19(20)34)39-41(36,37)24(25(28,29)30,26(31,32)33)21(35)38-16-23-12-17-9-18(13-23)11-22(10-17,14-23)15-27/h17-18,20H,3-16H2,1-2H3/p+1. The Morgan fingerprint density at radius 3 is 1.98 bits per heavy atom. The van der Waals surface area contributed by atoms with Gasteiger partial charge in [-0.25, -0.2) is 4.79 Å². The Kier molecular flexibility index (Phi) is 8.91. The van der Waals surface area contributed by atoms with Crippen molar-refractivity contribution >= 4 is 43.8 Å². The summed E-state index contributed by atoms with van der Waals surface area (Å²) in [7, 11) is -9.90. The summed E-state index contributed by atoms with van der Waals surface area (Å²) in [4.78, 5) is 25.9. The van der Waals surface area contributed by atoms with Gasteiger partial charge >= 0.3 is 33.2 Å². The maximum atomic E-state index is 14.6. The van der Waals surface area contributed by atoms with Gasteiger partial charge in [-0.3, -0.25) is 8.42 Å². The number of rotatable bonds is 10. The molecule has 0 aromatic carbocycles. The Labute approximate surface area is 243 Å². The molecule has 3 atom stereocenters. The topological polar surface area (TPSA) is 90.3 Å². The summed E-state index contributed by atoms with van der Waals surface area (Å²) in [5.41, 5.74) is -1.20. The van der Waals surface area contributed by atoms with Crippen molar-refractivity contribution in [2.75, 3.05) is 24.0 Å². The molecule has 238 valence electrons. The zero-order valence-corrected chi connectivity index (χ0v) is 25.5. The molecule has 5 fully saturated rings. The largest absolute Gasteiger partial charge is 0.463 e. The Morgan fingerprint density at radius 1 is 0.976 bits per heavy atom. The lowest BCUT2D eigenvalue weighted by atomic mass is 9.45. The number of ether oxygens (including phenoxy) is 1. The molecule has 6 nitrogen and oxygen atoms in total. The minimum absolute atomic E-state index is 0.0363. The van der Waals surface area contributed by atoms with Crippen molar-refractivity contribution in [1.29, 1.82) is 0 Å². The first-order valence-electron chi connectivity index (χ1n) is 14.0. The van der Waals surface area contributed by atoms with Gasteiger partial charge in [0.25, 0.3) is 0 Å². The Morgan fingerprint density at radius 2 is 1.51 bits per heavy atom. The summed E-state index contributed by atoms with van der Waals surface area (Å²) in [6, 6.07) is 0. The van der Waals surface area contributed by atoms with Crippen molar-refractivity contribution in [2.45, 2.75) is 100 Å². The van der Waals surface area contributed by atoms with Crippen LogP contribution in [0.15, 0.2) is 0 Å². The first-order valence-corrected chi connectivity index (χ1v) is 18.0. The fourth-order valence-corrected chi connectivity index (χ4v) is 15.4. The van der Waals surface area contributed by atoms with Crippen LogP contribution >= 0.6 is 21.9 Å². The molecule has 0 heterocycles. The van der Waals surface area contributed by atoms with Crippen LogP contribution in [0.25, 0.3) is 0 Å². The van der Waals surface area contributed by atoms with Crippen LogP contribution in [0.2, 0.25) is 0 Å². The number of alkyl halides is 7. The van der Waals surface area contributed by atoms with Gasteiger partial charge in [-0.05, 0) is 78.9 Å². The molecule has 0 spiro atoms. The zero-order chi connectivity index (χ0) is 30.7. The van der Waals surface area contributed by atoms with Gasteiger partial charge in [0.1, 0.15) is 5.25 Å². The van der Waals surface area contributed by atoms with E-state index >= 15 is 0 Å². The summed E-state index contributed by atoms with van der Waals surface area (Å²) in [5, 5.41) is -1.10. The molecule has 0 saturated heterocycles. The third-order valence-corrected chi connectivity index (χ3v) is 17.3. The highest BCUT2D eigenvalue weighted by atomic mass is 35.5. The molecule has 0 aliphatic heterocycles. The van der Waals surface area contributed by atoms with E-state index in [-0.39, 0.29) is 47.5 Å². The molecule has 41 heavy (non-hydrogen) atoms. The number of hydrogen-bond acceptors (Lipinski definition) is 5. The smallest absolute Gasteiger partial charge is 0.435 e. The van der Waals surface area contributed by atoms with Crippen molar-refractivity contribution in [3.8, 4) is 0 Å². The maximum absolute atomic E-state index is 14.6. The Balaban J connectivity index is 1.71. The van der Waals surface area contributed by atoms with Crippen LogP contribution in [0.3, 0.4) is 0 Å². The van der Waals surface area contributed by atoms with E-state index in [9.17, 15) is 44.3 Å². The van der Waals surface area contributed by atoms with Gasteiger partial charge in [0, 0.05) is 29.2 Å². The van der Waals surface area contributed by atoms with E-state index in [0.717, 1.165) is 19.3 Å². The summed E-state index contributed by atoms with van der Waals surface area (Å²) < 4.78 is 117. The lowest BCUT2D eigenvalue weighted by Crippen LogP contribution is -2.69. The van der Waals surface area contributed by atoms with Crippen molar-refractivity contribution in [1.82, 2.24) is 0 Å². The molecule has 5 rings (SSSR count). The first-order chi connectivity index (χ1) is 18.9. The molecule has 5 aliphatic carbocycles. The van der Waals surface area contributed by atoms with Crippen LogP contribution in [-0.4, -0.2) is 70.1 Å². The van der Waals surface area contributed by atoms with E-state index in [2.05, 4.69) is 3.63 Å². The Bertz CT molecular complexity index is 1110. The van der Waals surface area contributed by atoms with Gasteiger partial charge in [-0.15, -0.1) is 11.6 Å². The van der Waals surface area contributed by atoms with Crippen LogP contribution in [0.4, 0.5) is 26.3 Å². The molecule has 0 radical (unpaired) electrons. The average molecular weight is 660 g/mol. The van der Waals surface area contributed by atoms with E-state index in [1.807, 2.05) is 0 Å². The summed E-state index contributed by atoms with van der Waals surface area (Å²) in [6.45, 7) is 2.02. The molecule has 5 saturated carbocycles. The molecule has 4 bridgehead atoms. The van der Waals surface area contributed by atoms with Gasteiger partial charge in [0.2, 0.25) is 0 Å². The zero-order valence-electron chi connectivity index (χ0n) is 23.1. The van der Waals surface area contributed by atoms with E-state index in [4.69, 9.17) is 16.3 Å². The number of carbonyl (C=O) groups is 2. The fourth-order valence-electron chi connectivity index (χ4n) is 8.52. The molecule has 5 aliphatic rings. The van der Waals surface area contributed by atoms with E-state index in [1.54, 1.807) is 0 Å². The first kappa shape index (κ1) is 33.2. The SMILES string of the molecule is CCS(CC)([OH+]S(=O)(=O)C(C(=O)OCC12CC3CC(CC(CCl)(C3)C1)C2)(C(F)(F)F)C(F)(F)F)C1CCCCC1=O. The lowest BCUT2D eigenvalue weighted by Gasteiger charge is -2.61. The van der Waals surface area contributed by atoms with Gasteiger partial charge in [0.15, 0.2) is 5.78 Å². The van der Waals surface area contributed by atoms with E-state index in [1.165, 1.54) is 13.8 Å². The molecule has 0 aromatic heterocycles. The lowest BCUT2D eigenvalue weighted by molar-refractivity contribution is -0.271. The second kappa shape index (κ2) is 11.0. The fraction of sp³-hybridized carbons (Fsp3) is 0.923. The van der Waals surface area contributed by atoms with Gasteiger partial charge in [-0.1, -0.05) is 20.3 Å². The van der Waals surface area contributed by atoms with Gasteiger partial charge in [-0.2, -0.15) is 34.8 Å². The maximum Gasteiger partial charge on any atom is 0.435 e. The van der Waals surface area contributed by atoms with Crippen LogP contribution in [0, 0.1) is 22.7 Å². The average Bonchev–Trinajstić information content (AvgIpc) is 2.84. The molecule has 15 heteroatoms. The minimum atomic E-state index is -6.68. The summed E-state index contributed by atoms with van der Waals surface area (Å²) in [6.07, 6.45) is -8.41. The molecule has 0 aromatic rings. The highest BCUT2D eigenvalue weighted by Gasteiger charge is 2.89. The Hall–Kier alpha value is -0.730. The van der Waals surface area contributed by atoms with Crippen LogP contribution in [-0.2, 0) is 24.4 Å². The van der Waals surface area contributed by atoms with Crippen molar-refractivity contribution in [2.24, 2.45) is 22.7 Å². The molecule has 0 amide bonds. The highest BCUT2D eigenvalue weighted by molar-refractivity contribution is 8.33. The number of carbonyl (C=O) groups excluding carboxylic acids is 2. The van der Waals surface area contributed by atoms with Crippen LogP contribution < -0.4 is 0 Å². The monoisotopic (exact) mass is 659 g/mol. The highest BCUT2D eigenvalue weighted by Crippen LogP contribution is 2.66. The van der Waals surface area contributed by atoms with Crippen LogP contribution in [0.5, 0.6) is 0 Å². The van der Waals surface area contributed by atoms with Crippen LogP contribution in [0.1, 0.15) is 78.1 Å². The predicted octanol–water partition coefficient (Wildman–Crippen LogP) is 6.91. The molecular weight excluding hydrogens is 622 g/mol. The summed E-state index contributed by atoms with van der Waals surface area (Å²) in [5.74, 6) is -3.23. The number of Topliss-reactive ketones (excluding diaryl/α,β-unsaturated/α-hetero) is 1. The third-order valence-electron chi connectivity index (χ3n) is 9.84. The number of esters is 1. The number of ketones is 1.